The van der Waals surface area contributed by atoms with Gasteiger partial charge in [-0.3, -0.25) is 4.99 Å². The number of aryl methyl sites for hydroxylation is 1. The third kappa shape index (κ3) is 9.19. The van der Waals surface area contributed by atoms with E-state index in [2.05, 4.69) is 28.5 Å². The van der Waals surface area contributed by atoms with Gasteiger partial charge in [0, 0.05) is 19.5 Å². The Bertz CT molecular complexity index is 452. The number of ether oxygens (including phenoxy) is 1. The van der Waals surface area contributed by atoms with Gasteiger partial charge in [-0.25, -0.2) is 0 Å². The van der Waals surface area contributed by atoms with Crippen molar-refractivity contribution < 1.29 is 4.74 Å². The summed E-state index contributed by atoms with van der Waals surface area (Å²) >= 11 is 0. The molecule has 116 valence electrons. The van der Waals surface area contributed by atoms with Gasteiger partial charge in [-0.15, -0.1) is 30.4 Å². The number of hydrogen-bond acceptors (Lipinski definition) is 2. The van der Waals surface area contributed by atoms with E-state index in [1.165, 1.54) is 5.56 Å². The van der Waals surface area contributed by atoms with E-state index in [0.717, 1.165) is 24.7 Å². The Kier molecular flexibility index (Phi) is 11.5. The molecule has 4 nitrogen and oxygen atoms in total. The quantitative estimate of drug-likeness (QED) is 0.243. The Hall–Kier alpha value is -1.42. The minimum Gasteiger partial charge on any atom is -0.494 e. The number of nitrogens with one attached hydrogen (secondary N) is 2. The highest BCUT2D eigenvalue weighted by Gasteiger charge is 1.96. The Labute approximate surface area is 144 Å². The lowest BCUT2D eigenvalue weighted by Crippen LogP contribution is -2.37. The first-order valence-corrected chi connectivity index (χ1v) is 6.91. The van der Waals surface area contributed by atoms with Crippen LogP contribution in [0.2, 0.25) is 0 Å². The summed E-state index contributed by atoms with van der Waals surface area (Å²) in [6, 6.07) is 8.05. The number of aliphatic imine (C=N–C) groups is 1. The molecule has 0 heterocycles. The van der Waals surface area contributed by atoms with E-state index in [-0.39, 0.29) is 24.0 Å². The first-order valence-electron chi connectivity index (χ1n) is 6.91. The van der Waals surface area contributed by atoms with Crippen LogP contribution in [0.5, 0.6) is 5.75 Å². The number of hydrogen-bond donors (Lipinski definition) is 2. The molecule has 1 aromatic carbocycles. The number of benzene rings is 1. The van der Waals surface area contributed by atoms with Gasteiger partial charge in [0.1, 0.15) is 5.75 Å². The summed E-state index contributed by atoms with van der Waals surface area (Å²) in [5.74, 6) is 4.18. The van der Waals surface area contributed by atoms with Crippen molar-refractivity contribution >= 4 is 29.9 Å². The van der Waals surface area contributed by atoms with E-state index in [1.807, 2.05) is 31.2 Å². The average Bonchev–Trinajstić information content (AvgIpc) is 2.46. The molecule has 0 aliphatic heterocycles. The molecule has 0 fully saturated rings. The number of nitrogens with zero attached hydrogens (tertiary/aromatic N) is 1. The van der Waals surface area contributed by atoms with Crippen molar-refractivity contribution in [2.45, 2.75) is 20.3 Å². The van der Waals surface area contributed by atoms with Gasteiger partial charge < -0.3 is 15.4 Å². The Morgan fingerprint density at radius 1 is 1.29 bits per heavy atom. The van der Waals surface area contributed by atoms with Crippen LogP contribution in [0.3, 0.4) is 0 Å². The van der Waals surface area contributed by atoms with Crippen molar-refractivity contribution in [3.8, 4) is 18.1 Å². The molecule has 0 saturated heterocycles. The molecule has 0 aromatic heterocycles. The molecule has 0 aliphatic carbocycles. The van der Waals surface area contributed by atoms with Crippen LogP contribution in [0.1, 0.15) is 18.9 Å². The molecule has 0 unspecified atom stereocenters. The summed E-state index contributed by atoms with van der Waals surface area (Å²) in [5, 5.41) is 6.18. The van der Waals surface area contributed by atoms with Crippen molar-refractivity contribution in [1.82, 2.24) is 10.6 Å². The molecule has 0 amide bonds. The van der Waals surface area contributed by atoms with Gasteiger partial charge >= 0.3 is 0 Å². The molecule has 0 radical (unpaired) electrons. The van der Waals surface area contributed by atoms with Crippen molar-refractivity contribution in [3.63, 3.8) is 0 Å². The summed E-state index contributed by atoms with van der Waals surface area (Å²) in [6.07, 6.45) is 6.07. The molecule has 0 bridgehead atoms. The summed E-state index contributed by atoms with van der Waals surface area (Å²) in [5.41, 5.74) is 1.23. The fourth-order valence-corrected chi connectivity index (χ4v) is 1.56. The number of guanidine groups is 1. The molecule has 2 N–H and O–H groups in total. The average molecular weight is 401 g/mol. The smallest absolute Gasteiger partial charge is 0.192 e. The lowest BCUT2D eigenvalue weighted by Gasteiger charge is -2.09. The lowest BCUT2D eigenvalue weighted by molar-refractivity contribution is 0.313. The first kappa shape index (κ1) is 19.6. The third-order valence-corrected chi connectivity index (χ3v) is 2.56. The van der Waals surface area contributed by atoms with Crippen LogP contribution < -0.4 is 15.4 Å². The summed E-state index contributed by atoms with van der Waals surface area (Å²) < 4.78 is 5.64. The van der Waals surface area contributed by atoms with Crippen molar-refractivity contribution in [2.24, 2.45) is 4.99 Å². The number of terminal acetylenes is 1. The van der Waals surface area contributed by atoms with Gasteiger partial charge in [-0.2, -0.15) is 0 Å². The second-order valence-corrected chi connectivity index (χ2v) is 4.33. The largest absolute Gasteiger partial charge is 0.494 e. The number of rotatable bonds is 7. The Morgan fingerprint density at radius 2 is 2.00 bits per heavy atom. The maximum atomic E-state index is 5.64. The van der Waals surface area contributed by atoms with Gasteiger partial charge in [0.25, 0.3) is 0 Å². The van der Waals surface area contributed by atoms with Crippen LogP contribution in [-0.2, 0) is 0 Å². The van der Waals surface area contributed by atoms with Gasteiger partial charge in [0.05, 0.1) is 13.2 Å². The molecule has 21 heavy (non-hydrogen) atoms. The van der Waals surface area contributed by atoms with Crippen LogP contribution in [0, 0.1) is 19.3 Å². The van der Waals surface area contributed by atoms with E-state index >= 15 is 0 Å². The minimum atomic E-state index is 0. The summed E-state index contributed by atoms with van der Waals surface area (Å²) in [4.78, 5) is 4.42. The maximum absolute atomic E-state index is 5.64. The van der Waals surface area contributed by atoms with Crippen LogP contribution in [0.25, 0.3) is 0 Å². The van der Waals surface area contributed by atoms with Gasteiger partial charge in [0.15, 0.2) is 5.96 Å². The van der Waals surface area contributed by atoms with Crippen molar-refractivity contribution in [1.29, 1.82) is 0 Å². The SMILES string of the molecule is C#CCNC(=NCCCOc1ccc(C)cc1)NCC.I. The number of halogens is 1. The summed E-state index contributed by atoms with van der Waals surface area (Å²) in [7, 11) is 0. The maximum Gasteiger partial charge on any atom is 0.192 e. The molecule has 0 spiro atoms. The zero-order valence-electron chi connectivity index (χ0n) is 12.7. The van der Waals surface area contributed by atoms with Crippen molar-refractivity contribution in [2.75, 3.05) is 26.2 Å². The van der Waals surface area contributed by atoms with Crippen LogP contribution in [0.15, 0.2) is 29.3 Å². The standard InChI is InChI=1S/C16H23N3O.HI/c1-4-11-18-16(17-5-2)19-12-6-13-20-15-9-7-14(3)8-10-15;/h1,7-10H,5-6,11-13H2,2-3H3,(H2,17,18,19);1H. The Balaban J connectivity index is 0.00000400. The predicted octanol–water partition coefficient (Wildman–Crippen LogP) is 2.57. The first-order chi connectivity index (χ1) is 9.76. The highest BCUT2D eigenvalue weighted by molar-refractivity contribution is 14.0. The second-order valence-electron chi connectivity index (χ2n) is 4.33. The van der Waals surface area contributed by atoms with Crippen LogP contribution in [0.4, 0.5) is 0 Å². The third-order valence-electron chi connectivity index (χ3n) is 2.56. The van der Waals surface area contributed by atoms with E-state index in [9.17, 15) is 0 Å². The molecular formula is C16H24IN3O. The van der Waals surface area contributed by atoms with Gasteiger partial charge in [-0.05, 0) is 26.0 Å². The molecule has 1 rings (SSSR count). The minimum absolute atomic E-state index is 0. The van der Waals surface area contributed by atoms with E-state index in [0.29, 0.717) is 19.7 Å². The van der Waals surface area contributed by atoms with E-state index < -0.39 is 0 Å². The summed E-state index contributed by atoms with van der Waals surface area (Å²) in [6.45, 7) is 6.73. The molecule has 0 saturated carbocycles. The lowest BCUT2D eigenvalue weighted by atomic mass is 10.2. The monoisotopic (exact) mass is 401 g/mol. The predicted molar refractivity (Wildman–Crippen MR) is 99.5 cm³/mol. The molecule has 0 aliphatic rings. The topological polar surface area (TPSA) is 45.7 Å². The molecule has 5 heteroatoms. The molecule has 1 aromatic rings. The van der Waals surface area contributed by atoms with Gasteiger partial charge in [-0.1, -0.05) is 23.6 Å². The highest BCUT2D eigenvalue weighted by Crippen LogP contribution is 2.11. The van der Waals surface area contributed by atoms with Crippen LogP contribution in [-0.4, -0.2) is 32.2 Å². The molecular weight excluding hydrogens is 377 g/mol. The fourth-order valence-electron chi connectivity index (χ4n) is 1.56. The zero-order chi connectivity index (χ0) is 14.6. The Morgan fingerprint density at radius 3 is 2.62 bits per heavy atom. The van der Waals surface area contributed by atoms with E-state index in [4.69, 9.17) is 11.2 Å². The van der Waals surface area contributed by atoms with E-state index in [1.54, 1.807) is 0 Å². The second kappa shape index (κ2) is 12.3. The van der Waals surface area contributed by atoms with Crippen LogP contribution >= 0.6 is 24.0 Å². The normalized spacial score (nSPS) is 10.2. The van der Waals surface area contributed by atoms with Gasteiger partial charge in [0.2, 0.25) is 0 Å². The fraction of sp³-hybridized carbons (Fsp3) is 0.438. The zero-order valence-corrected chi connectivity index (χ0v) is 15.0. The molecule has 0 atom stereocenters. The van der Waals surface area contributed by atoms with Crippen molar-refractivity contribution in [3.05, 3.63) is 29.8 Å². The highest BCUT2D eigenvalue weighted by atomic mass is 127.